The fourth-order valence-corrected chi connectivity index (χ4v) is 1.65. The van der Waals surface area contributed by atoms with Gasteiger partial charge in [0.15, 0.2) is 11.0 Å². The zero-order chi connectivity index (χ0) is 13.1. The first-order valence-electron chi connectivity index (χ1n) is 4.81. The molecule has 0 saturated heterocycles. The van der Waals surface area contributed by atoms with E-state index >= 15 is 0 Å². The Morgan fingerprint density at radius 1 is 1.22 bits per heavy atom. The molecule has 0 spiro atoms. The van der Waals surface area contributed by atoms with Gasteiger partial charge in [0.05, 0.1) is 5.56 Å². The van der Waals surface area contributed by atoms with Crippen LogP contribution in [0, 0.1) is 5.82 Å². The van der Waals surface area contributed by atoms with Crippen LogP contribution < -0.4 is 5.32 Å². The van der Waals surface area contributed by atoms with Gasteiger partial charge in [0, 0.05) is 18.1 Å². The van der Waals surface area contributed by atoms with Crippen LogP contribution >= 0.6 is 23.2 Å². The molecule has 0 aliphatic carbocycles. The van der Waals surface area contributed by atoms with Gasteiger partial charge < -0.3 is 5.32 Å². The lowest BCUT2D eigenvalue weighted by Gasteiger charge is -2.06. The van der Waals surface area contributed by atoms with E-state index in [1.54, 1.807) is 12.1 Å². The summed E-state index contributed by atoms with van der Waals surface area (Å²) in [6.45, 7) is 0. The third kappa shape index (κ3) is 2.75. The lowest BCUT2D eigenvalue weighted by Crippen LogP contribution is -2.13. The molecule has 0 aliphatic rings. The van der Waals surface area contributed by atoms with Gasteiger partial charge in [-0.05, 0) is 18.2 Å². The monoisotopic (exact) mass is 285 g/mol. The number of amides is 1. The molecule has 2 rings (SSSR count). The summed E-state index contributed by atoms with van der Waals surface area (Å²) in [4.78, 5) is 19.2. The molecule has 0 radical (unpaired) electrons. The van der Waals surface area contributed by atoms with E-state index in [2.05, 4.69) is 15.3 Å². The van der Waals surface area contributed by atoms with Gasteiger partial charge in [-0.15, -0.1) is 0 Å². The van der Waals surface area contributed by atoms with Crippen molar-refractivity contribution in [2.75, 3.05) is 5.32 Å². The molecule has 4 nitrogen and oxygen atoms in total. The van der Waals surface area contributed by atoms with E-state index in [0.29, 0.717) is 5.69 Å². The largest absolute Gasteiger partial charge is 0.322 e. The Hall–Kier alpha value is -1.72. The highest BCUT2D eigenvalue weighted by Gasteiger charge is 2.15. The van der Waals surface area contributed by atoms with Crippen LogP contribution in [-0.2, 0) is 0 Å². The maximum absolute atomic E-state index is 13.2. The highest BCUT2D eigenvalue weighted by molar-refractivity contribution is 6.35. The number of carbonyl (C=O) groups excluding carboxylic acids is 1. The first-order chi connectivity index (χ1) is 8.58. The molecule has 0 bridgehead atoms. The number of hydrogen-bond donors (Lipinski definition) is 1. The molecule has 0 aliphatic heterocycles. The van der Waals surface area contributed by atoms with Crippen molar-refractivity contribution in [1.82, 2.24) is 9.97 Å². The SMILES string of the molecule is O=C(Nc1ccncc1)c1cc(F)c(Cl)nc1Cl. The fraction of sp³-hybridized carbons (Fsp3) is 0. The van der Waals surface area contributed by atoms with Crippen molar-refractivity contribution in [3.8, 4) is 0 Å². The normalized spacial score (nSPS) is 10.2. The van der Waals surface area contributed by atoms with E-state index in [0.717, 1.165) is 6.07 Å². The smallest absolute Gasteiger partial charge is 0.258 e. The number of halogens is 3. The predicted octanol–water partition coefficient (Wildman–Crippen LogP) is 3.17. The second kappa shape index (κ2) is 5.29. The number of anilines is 1. The number of nitrogens with zero attached hydrogens (tertiary/aromatic N) is 2. The summed E-state index contributed by atoms with van der Waals surface area (Å²) in [5, 5.41) is 2.00. The molecule has 7 heteroatoms. The second-order valence-corrected chi connectivity index (χ2v) is 4.01. The topological polar surface area (TPSA) is 54.9 Å². The summed E-state index contributed by atoms with van der Waals surface area (Å²) in [7, 11) is 0. The third-order valence-electron chi connectivity index (χ3n) is 2.07. The van der Waals surface area contributed by atoms with Crippen molar-refractivity contribution >= 4 is 34.8 Å². The maximum Gasteiger partial charge on any atom is 0.258 e. The Bertz CT molecular complexity index is 592. The lowest BCUT2D eigenvalue weighted by atomic mass is 10.2. The van der Waals surface area contributed by atoms with E-state index in [1.165, 1.54) is 12.4 Å². The molecule has 1 amide bonds. The Labute approximate surface area is 112 Å². The molecule has 0 fully saturated rings. The first kappa shape index (κ1) is 12.7. The first-order valence-corrected chi connectivity index (χ1v) is 5.56. The molecule has 2 heterocycles. The molecule has 2 aromatic heterocycles. The molecule has 0 atom stereocenters. The average molecular weight is 286 g/mol. The molecular formula is C11H6Cl2FN3O. The van der Waals surface area contributed by atoms with E-state index < -0.39 is 11.7 Å². The van der Waals surface area contributed by atoms with Gasteiger partial charge in [-0.3, -0.25) is 9.78 Å². The van der Waals surface area contributed by atoms with Gasteiger partial charge >= 0.3 is 0 Å². The maximum atomic E-state index is 13.2. The summed E-state index contributed by atoms with van der Waals surface area (Å²) < 4.78 is 13.2. The van der Waals surface area contributed by atoms with Crippen molar-refractivity contribution in [2.24, 2.45) is 0 Å². The zero-order valence-corrected chi connectivity index (χ0v) is 10.3. The number of hydrogen-bond acceptors (Lipinski definition) is 3. The third-order valence-corrected chi connectivity index (χ3v) is 2.62. The van der Waals surface area contributed by atoms with Gasteiger partial charge in [-0.1, -0.05) is 23.2 Å². The minimum Gasteiger partial charge on any atom is -0.322 e. The van der Waals surface area contributed by atoms with E-state index in [-0.39, 0.29) is 15.9 Å². The highest BCUT2D eigenvalue weighted by atomic mass is 35.5. The quantitative estimate of drug-likeness (QED) is 0.863. The van der Waals surface area contributed by atoms with Crippen LogP contribution in [-0.4, -0.2) is 15.9 Å². The van der Waals surface area contributed by atoms with Crippen molar-refractivity contribution in [2.45, 2.75) is 0 Å². The summed E-state index contributed by atoms with van der Waals surface area (Å²) in [6.07, 6.45) is 3.02. The molecule has 0 aromatic carbocycles. The number of aromatic nitrogens is 2. The fourth-order valence-electron chi connectivity index (χ4n) is 1.24. The molecule has 2 aromatic rings. The number of carbonyl (C=O) groups is 1. The molecule has 1 N–H and O–H groups in total. The van der Waals surface area contributed by atoms with E-state index in [4.69, 9.17) is 23.2 Å². The average Bonchev–Trinajstić information content (AvgIpc) is 2.35. The number of rotatable bonds is 2. The predicted molar refractivity (Wildman–Crippen MR) is 66.4 cm³/mol. The van der Waals surface area contributed by atoms with E-state index in [9.17, 15) is 9.18 Å². The van der Waals surface area contributed by atoms with E-state index in [1.807, 2.05) is 0 Å². The summed E-state index contributed by atoms with van der Waals surface area (Å²) in [5.74, 6) is -1.38. The minimum atomic E-state index is -0.805. The summed E-state index contributed by atoms with van der Waals surface area (Å²) >= 11 is 11.2. The lowest BCUT2D eigenvalue weighted by molar-refractivity contribution is 0.102. The number of pyridine rings is 2. The highest BCUT2D eigenvalue weighted by Crippen LogP contribution is 2.21. The summed E-state index contributed by atoms with van der Waals surface area (Å²) in [5.41, 5.74) is 0.428. The van der Waals surface area contributed by atoms with Crippen LogP contribution in [0.4, 0.5) is 10.1 Å². The second-order valence-electron chi connectivity index (χ2n) is 3.29. The minimum absolute atomic E-state index is 0.0876. The Balaban J connectivity index is 2.27. The van der Waals surface area contributed by atoms with Crippen LogP contribution in [0.5, 0.6) is 0 Å². The van der Waals surface area contributed by atoms with Gasteiger partial charge in [0.2, 0.25) is 0 Å². The van der Waals surface area contributed by atoms with Crippen LogP contribution in [0.2, 0.25) is 10.3 Å². The van der Waals surface area contributed by atoms with Gasteiger partial charge in [0.25, 0.3) is 5.91 Å². The van der Waals surface area contributed by atoms with Crippen molar-refractivity contribution in [3.63, 3.8) is 0 Å². The van der Waals surface area contributed by atoms with Gasteiger partial charge in [0.1, 0.15) is 5.15 Å². The Kier molecular flexibility index (Phi) is 3.74. The van der Waals surface area contributed by atoms with Crippen molar-refractivity contribution < 1.29 is 9.18 Å². The molecular weight excluding hydrogens is 280 g/mol. The van der Waals surface area contributed by atoms with Crippen LogP contribution in [0.15, 0.2) is 30.6 Å². The van der Waals surface area contributed by atoms with Crippen molar-refractivity contribution in [1.29, 1.82) is 0 Å². The van der Waals surface area contributed by atoms with Crippen LogP contribution in [0.3, 0.4) is 0 Å². The Morgan fingerprint density at radius 3 is 2.56 bits per heavy atom. The van der Waals surface area contributed by atoms with Gasteiger partial charge in [-0.25, -0.2) is 9.37 Å². The molecule has 0 saturated carbocycles. The van der Waals surface area contributed by atoms with Crippen molar-refractivity contribution in [3.05, 3.63) is 52.3 Å². The van der Waals surface area contributed by atoms with Gasteiger partial charge in [-0.2, -0.15) is 0 Å². The molecule has 18 heavy (non-hydrogen) atoms. The molecule has 0 unspecified atom stereocenters. The standard InChI is InChI=1S/C11H6Cl2FN3O/c12-9-7(5-8(14)10(13)17-9)11(18)16-6-1-3-15-4-2-6/h1-5H,(H,15,16,18). The Morgan fingerprint density at radius 2 is 1.89 bits per heavy atom. The molecule has 92 valence electrons. The zero-order valence-electron chi connectivity index (χ0n) is 8.82. The summed E-state index contributed by atoms with van der Waals surface area (Å²) in [6, 6.07) is 4.12. The van der Waals surface area contributed by atoms with Crippen LogP contribution in [0.1, 0.15) is 10.4 Å². The van der Waals surface area contributed by atoms with Crippen LogP contribution in [0.25, 0.3) is 0 Å². The number of nitrogens with one attached hydrogen (secondary N) is 1.